The Labute approximate surface area is 134 Å². The molecule has 1 heterocycles. The summed E-state index contributed by atoms with van der Waals surface area (Å²) in [5.74, 6) is -0.270. The third-order valence-corrected chi connectivity index (χ3v) is 3.38. The van der Waals surface area contributed by atoms with E-state index in [0.29, 0.717) is 17.4 Å². The number of rotatable bonds is 5. The van der Waals surface area contributed by atoms with Crippen molar-refractivity contribution in [1.82, 2.24) is 10.3 Å². The van der Waals surface area contributed by atoms with Gasteiger partial charge in [-0.1, -0.05) is 6.07 Å². The molecule has 2 aromatic rings. The van der Waals surface area contributed by atoms with Gasteiger partial charge in [0.25, 0.3) is 5.91 Å². The van der Waals surface area contributed by atoms with Crippen LogP contribution in [0.25, 0.3) is 0 Å². The standard InChI is InChI=1S/C17H18N4O2/c1-11(22)19-13-3-2-4-14(9-13)20-15-7-8-18-16(10-15)17(23)21-12-5-6-12/h2-4,7-10,12H,5-6H2,1H3,(H,18,20)(H,19,22)(H,21,23). The molecule has 1 saturated carbocycles. The summed E-state index contributed by atoms with van der Waals surface area (Å²) in [4.78, 5) is 27.2. The van der Waals surface area contributed by atoms with E-state index in [-0.39, 0.29) is 11.8 Å². The Morgan fingerprint density at radius 3 is 2.57 bits per heavy atom. The van der Waals surface area contributed by atoms with E-state index in [0.717, 1.165) is 24.2 Å². The van der Waals surface area contributed by atoms with E-state index in [9.17, 15) is 9.59 Å². The van der Waals surface area contributed by atoms with Gasteiger partial charge in [-0.2, -0.15) is 0 Å². The molecule has 23 heavy (non-hydrogen) atoms. The number of carbonyl (C=O) groups is 2. The van der Waals surface area contributed by atoms with Crippen LogP contribution in [0.3, 0.4) is 0 Å². The summed E-state index contributed by atoms with van der Waals surface area (Å²) in [7, 11) is 0. The van der Waals surface area contributed by atoms with Crippen LogP contribution in [-0.4, -0.2) is 22.8 Å². The van der Waals surface area contributed by atoms with E-state index in [2.05, 4.69) is 20.9 Å². The van der Waals surface area contributed by atoms with Crippen LogP contribution in [0, 0.1) is 0 Å². The molecule has 0 unspecified atom stereocenters. The van der Waals surface area contributed by atoms with Crippen LogP contribution >= 0.6 is 0 Å². The first-order valence-corrected chi connectivity index (χ1v) is 7.52. The highest BCUT2D eigenvalue weighted by molar-refractivity contribution is 5.93. The number of hydrogen-bond acceptors (Lipinski definition) is 4. The molecule has 1 aliphatic rings. The predicted molar refractivity (Wildman–Crippen MR) is 88.8 cm³/mol. The van der Waals surface area contributed by atoms with Gasteiger partial charge in [0.2, 0.25) is 5.91 Å². The van der Waals surface area contributed by atoms with Crippen LogP contribution in [-0.2, 0) is 4.79 Å². The van der Waals surface area contributed by atoms with Crippen LogP contribution in [0.5, 0.6) is 0 Å². The van der Waals surface area contributed by atoms with Gasteiger partial charge in [0.1, 0.15) is 5.69 Å². The second kappa shape index (κ2) is 6.48. The Hall–Kier alpha value is -2.89. The monoisotopic (exact) mass is 310 g/mol. The highest BCUT2D eigenvalue weighted by Crippen LogP contribution is 2.22. The number of benzene rings is 1. The number of pyridine rings is 1. The average molecular weight is 310 g/mol. The molecular formula is C17H18N4O2. The fourth-order valence-corrected chi connectivity index (χ4v) is 2.16. The smallest absolute Gasteiger partial charge is 0.270 e. The molecule has 1 aromatic heterocycles. The van der Waals surface area contributed by atoms with Gasteiger partial charge in [0.05, 0.1) is 0 Å². The van der Waals surface area contributed by atoms with Gasteiger partial charge in [-0.05, 0) is 43.2 Å². The van der Waals surface area contributed by atoms with Gasteiger partial charge in [-0.15, -0.1) is 0 Å². The van der Waals surface area contributed by atoms with Crippen LogP contribution in [0.4, 0.5) is 17.1 Å². The van der Waals surface area contributed by atoms with Crippen molar-refractivity contribution < 1.29 is 9.59 Å². The third kappa shape index (κ3) is 4.29. The van der Waals surface area contributed by atoms with E-state index in [1.54, 1.807) is 18.3 Å². The van der Waals surface area contributed by atoms with Crippen molar-refractivity contribution in [3.8, 4) is 0 Å². The maximum Gasteiger partial charge on any atom is 0.270 e. The molecule has 6 nitrogen and oxygen atoms in total. The SMILES string of the molecule is CC(=O)Nc1cccc(Nc2ccnc(C(=O)NC3CC3)c2)c1. The molecule has 6 heteroatoms. The van der Waals surface area contributed by atoms with E-state index in [1.165, 1.54) is 6.92 Å². The van der Waals surface area contributed by atoms with Gasteiger partial charge >= 0.3 is 0 Å². The van der Waals surface area contributed by atoms with E-state index >= 15 is 0 Å². The van der Waals surface area contributed by atoms with Crippen molar-refractivity contribution in [2.45, 2.75) is 25.8 Å². The van der Waals surface area contributed by atoms with Crippen molar-refractivity contribution >= 4 is 28.9 Å². The summed E-state index contributed by atoms with van der Waals surface area (Å²) in [5, 5.41) is 8.86. The lowest BCUT2D eigenvalue weighted by Gasteiger charge is -2.10. The Balaban J connectivity index is 1.72. The molecule has 1 fully saturated rings. The van der Waals surface area contributed by atoms with Crippen molar-refractivity contribution in [2.75, 3.05) is 10.6 Å². The summed E-state index contributed by atoms with van der Waals surface area (Å²) < 4.78 is 0. The minimum atomic E-state index is -0.150. The highest BCUT2D eigenvalue weighted by atomic mass is 16.2. The largest absolute Gasteiger partial charge is 0.355 e. The topological polar surface area (TPSA) is 83.1 Å². The van der Waals surface area contributed by atoms with Gasteiger partial charge < -0.3 is 16.0 Å². The molecule has 2 amide bonds. The molecule has 1 aliphatic carbocycles. The quantitative estimate of drug-likeness (QED) is 0.793. The second-order valence-electron chi connectivity index (χ2n) is 5.56. The van der Waals surface area contributed by atoms with E-state index < -0.39 is 0 Å². The molecule has 0 saturated heterocycles. The molecule has 0 atom stereocenters. The van der Waals surface area contributed by atoms with Crippen molar-refractivity contribution in [3.05, 3.63) is 48.3 Å². The molecule has 3 N–H and O–H groups in total. The molecule has 0 radical (unpaired) electrons. The van der Waals surface area contributed by atoms with Crippen LogP contribution < -0.4 is 16.0 Å². The fourth-order valence-electron chi connectivity index (χ4n) is 2.16. The molecule has 118 valence electrons. The lowest BCUT2D eigenvalue weighted by Crippen LogP contribution is -2.26. The zero-order chi connectivity index (χ0) is 16.2. The minimum absolute atomic E-state index is 0.120. The first-order chi connectivity index (χ1) is 11.1. The van der Waals surface area contributed by atoms with Crippen LogP contribution in [0.2, 0.25) is 0 Å². The first kappa shape index (κ1) is 15.0. The minimum Gasteiger partial charge on any atom is -0.355 e. The molecule has 0 aliphatic heterocycles. The van der Waals surface area contributed by atoms with E-state index in [1.807, 2.05) is 24.3 Å². The van der Waals surface area contributed by atoms with Crippen molar-refractivity contribution in [3.63, 3.8) is 0 Å². The number of nitrogens with one attached hydrogen (secondary N) is 3. The summed E-state index contributed by atoms with van der Waals surface area (Å²) in [6.45, 7) is 1.47. The molecule has 0 spiro atoms. The number of amides is 2. The van der Waals surface area contributed by atoms with Crippen molar-refractivity contribution in [1.29, 1.82) is 0 Å². The zero-order valence-corrected chi connectivity index (χ0v) is 12.8. The highest BCUT2D eigenvalue weighted by Gasteiger charge is 2.24. The first-order valence-electron chi connectivity index (χ1n) is 7.52. The van der Waals surface area contributed by atoms with Crippen LogP contribution in [0.1, 0.15) is 30.3 Å². The lowest BCUT2D eigenvalue weighted by atomic mass is 10.2. The normalized spacial score (nSPS) is 13.3. The molecule has 0 bridgehead atoms. The van der Waals surface area contributed by atoms with E-state index in [4.69, 9.17) is 0 Å². The molecular weight excluding hydrogens is 292 g/mol. The van der Waals surface area contributed by atoms with Crippen molar-refractivity contribution in [2.24, 2.45) is 0 Å². The second-order valence-corrected chi connectivity index (χ2v) is 5.56. The van der Waals surface area contributed by atoms with Gasteiger partial charge in [0.15, 0.2) is 0 Å². The number of carbonyl (C=O) groups excluding carboxylic acids is 2. The summed E-state index contributed by atoms with van der Waals surface area (Å²) >= 11 is 0. The van der Waals surface area contributed by atoms with Crippen LogP contribution in [0.15, 0.2) is 42.6 Å². The lowest BCUT2D eigenvalue weighted by molar-refractivity contribution is -0.114. The van der Waals surface area contributed by atoms with Gasteiger partial charge in [-0.25, -0.2) is 0 Å². The molecule has 3 rings (SSSR count). The Kier molecular flexibility index (Phi) is 4.23. The maximum absolute atomic E-state index is 12.0. The number of hydrogen-bond donors (Lipinski definition) is 3. The van der Waals surface area contributed by atoms with Gasteiger partial charge in [0, 0.05) is 36.2 Å². The number of aromatic nitrogens is 1. The average Bonchev–Trinajstić information content (AvgIpc) is 3.31. The third-order valence-electron chi connectivity index (χ3n) is 3.38. The summed E-state index contributed by atoms with van der Waals surface area (Å²) in [5.41, 5.74) is 2.68. The fraction of sp³-hybridized carbons (Fsp3) is 0.235. The Bertz CT molecular complexity index is 741. The summed E-state index contributed by atoms with van der Waals surface area (Å²) in [6, 6.07) is 11.2. The summed E-state index contributed by atoms with van der Waals surface area (Å²) in [6.07, 6.45) is 3.68. The molecule has 1 aromatic carbocycles. The van der Waals surface area contributed by atoms with Gasteiger partial charge in [-0.3, -0.25) is 14.6 Å². The maximum atomic E-state index is 12.0. The Morgan fingerprint density at radius 1 is 1.09 bits per heavy atom. The number of anilines is 3. The Morgan fingerprint density at radius 2 is 1.83 bits per heavy atom. The number of nitrogens with zero attached hydrogens (tertiary/aromatic N) is 1. The zero-order valence-electron chi connectivity index (χ0n) is 12.8. The predicted octanol–water partition coefficient (Wildman–Crippen LogP) is 2.68.